The zero-order valence-electron chi connectivity index (χ0n) is 13.5. The summed E-state index contributed by atoms with van der Waals surface area (Å²) in [6.45, 7) is 3.89. The van der Waals surface area contributed by atoms with Crippen LogP contribution < -0.4 is 19.5 Å². The summed E-state index contributed by atoms with van der Waals surface area (Å²) < 4.78 is 37.9. The summed E-state index contributed by atoms with van der Waals surface area (Å²) >= 11 is 3.20. The number of benzene rings is 1. The van der Waals surface area contributed by atoms with Gasteiger partial charge in [-0.15, -0.1) is 0 Å². The zero-order chi connectivity index (χ0) is 17.6. The van der Waals surface area contributed by atoms with E-state index in [4.69, 9.17) is 9.47 Å². The van der Waals surface area contributed by atoms with E-state index in [-0.39, 0.29) is 16.6 Å². The average Bonchev–Trinajstić information content (AvgIpc) is 2.51. The number of halogens is 1. The van der Waals surface area contributed by atoms with E-state index in [1.54, 1.807) is 0 Å². The average molecular weight is 409 g/mol. The molecular weight excluding hydrogens is 388 g/mol. The van der Waals surface area contributed by atoms with E-state index < -0.39 is 16.1 Å². The molecule has 0 spiro atoms. The summed E-state index contributed by atoms with van der Waals surface area (Å²) in [5.74, 6) is 0.290. The fourth-order valence-corrected chi connectivity index (χ4v) is 4.03. The number of hydrogen-bond acceptors (Lipinski definition) is 5. The minimum absolute atomic E-state index is 0.0368. The molecule has 0 bridgehead atoms. The molecule has 2 N–H and O–H groups in total. The van der Waals surface area contributed by atoms with Crippen LogP contribution in [-0.4, -0.2) is 41.1 Å². The molecule has 1 aromatic carbocycles. The molecule has 1 amide bonds. The molecule has 0 saturated carbocycles. The van der Waals surface area contributed by atoms with Crippen molar-refractivity contribution in [3.63, 3.8) is 0 Å². The first-order chi connectivity index (χ1) is 10.8. The van der Waals surface area contributed by atoms with E-state index >= 15 is 0 Å². The molecule has 0 aliphatic rings. The monoisotopic (exact) mass is 408 g/mol. The van der Waals surface area contributed by atoms with Crippen molar-refractivity contribution in [2.45, 2.75) is 31.2 Å². The Kier molecular flexibility index (Phi) is 7.30. The number of nitrogens with one attached hydrogen (secondary N) is 2. The molecule has 0 unspecified atom stereocenters. The summed E-state index contributed by atoms with van der Waals surface area (Å²) in [5.41, 5.74) is 0. The molecule has 7 nitrogen and oxygen atoms in total. The molecular formula is C14H21BrN2O5S. The van der Waals surface area contributed by atoms with E-state index in [0.29, 0.717) is 16.8 Å². The smallest absolute Gasteiger partial charge is 0.242 e. The fourth-order valence-electron chi connectivity index (χ4n) is 1.79. The van der Waals surface area contributed by atoms with Crippen LogP contribution in [0.25, 0.3) is 0 Å². The van der Waals surface area contributed by atoms with Crippen LogP contribution in [0.1, 0.15) is 20.3 Å². The number of carbonyl (C=O) groups is 1. The van der Waals surface area contributed by atoms with Gasteiger partial charge in [-0.1, -0.05) is 6.92 Å². The highest BCUT2D eigenvalue weighted by Gasteiger charge is 2.25. The molecule has 0 aliphatic heterocycles. The number of methoxy groups -OCH3 is 2. The van der Waals surface area contributed by atoms with Crippen LogP contribution in [0.5, 0.6) is 11.5 Å². The number of ether oxygens (including phenoxy) is 2. The molecule has 23 heavy (non-hydrogen) atoms. The minimum Gasteiger partial charge on any atom is -0.493 e. The number of amides is 1. The van der Waals surface area contributed by atoms with Gasteiger partial charge in [0.25, 0.3) is 0 Å². The summed E-state index contributed by atoms with van der Waals surface area (Å²) in [7, 11) is -1.04. The third kappa shape index (κ3) is 5.08. The predicted octanol–water partition coefficient (Wildman–Crippen LogP) is 1.66. The number of hydrogen-bond donors (Lipinski definition) is 2. The van der Waals surface area contributed by atoms with Crippen LogP contribution in [0, 0.1) is 0 Å². The Morgan fingerprint density at radius 2 is 1.83 bits per heavy atom. The largest absolute Gasteiger partial charge is 0.493 e. The van der Waals surface area contributed by atoms with E-state index in [0.717, 1.165) is 6.42 Å². The lowest BCUT2D eigenvalue weighted by atomic mass is 10.3. The van der Waals surface area contributed by atoms with Crippen LogP contribution in [0.3, 0.4) is 0 Å². The molecule has 1 aromatic rings. The van der Waals surface area contributed by atoms with Crippen LogP contribution in [0.15, 0.2) is 21.5 Å². The molecule has 0 aromatic heterocycles. The van der Waals surface area contributed by atoms with Gasteiger partial charge in [-0.25, -0.2) is 8.42 Å². The summed E-state index contributed by atoms with van der Waals surface area (Å²) in [4.78, 5) is 11.8. The molecule has 130 valence electrons. The van der Waals surface area contributed by atoms with Gasteiger partial charge in [0.05, 0.1) is 20.3 Å². The first kappa shape index (κ1) is 19.7. The number of sulfonamides is 1. The van der Waals surface area contributed by atoms with Gasteiger partial charge in [0.2, 0.25) is 15.9 Å². The predicted molar refractivity (Wildman–Crippen MR) is 90.3 cm³/mol. The standard InChI is InChI=1S/C14H21BrN2O5S/c1-5-6-16-14(18)9(2)17-23(19,20)13-8-12(22-4)11(21-3)7-10(13)15/h7-9,17H,5-6H2,1-4H3,(H,16,18)/t9-/m0/s1. The lowest BCUT2D eigenvalue weighted by Gasteiger charge is -2.16. The third-order valence-corrected chi connectivity index (χ3v) is 5.50. The number of rotatable bonds is 8. The molecule has 0 fully saturated rings. The van der Waals surface area contributed by atoms with Crippen LogP contribution in [-0.2, 0) is 14.8 Å². The van der Waals surface area contributed by atoms with Gasteiger partial charge < -0.3 is 14.8 Å². The normalized spacial score (nSPS) is 12.6. The van der Waals surface area contributed by atoms with Crippen molar-refractivity contribution < 1.29 is 22.7 Å². The van der Waals surface area contributed by atoms with Gasteiger partial charge >= 0.3 is 0 Å². The fraction of sp³-hybridized carbons (Fsp3) is 0.500. The summed E-state index contributed by atoms with van der Waals surface area (Å²) in [6, 6.07) is 1.93. The number of carbonyl (C=O) groups excluding carboxylic acids is 1. The third-order valence-electron chi connectivity index (χ3n) is 3.00. The van der Waals surface area contributed by atoms with Gasteiger partial charge in [0.1, 0.15) is 4.90 Å². The summed E-state index contributed by atoms with van der Waals surface area (Å²) in [5, 5.41) is 2.64. The second-order valence-electron chi connectivity index (χ2n) is 4.77. The maximum atomic E-state index is 12.5. The highest BCUT2D eigenvalue weighted by atomic mass is 79.9. The van der Waals surface area contributed by atoms with Crippen LogP contribution in [0.4, 0.5) is 0 Å². The van der Waals surface area contributed by atoms with Gasteiger partial charge in [-0.2, -0.15) is 4.72 Å². The lowest BCUT2D eigenvalue weighted by Crippen LogP contribution is -2.44. The highest BCUT2D eigenvalue weighted by Crippen LogP contribution is 2.35. The Hall–Kier alpha value is -1.32. The summed E-state index contributed by atoms with van der Waals surface area (Å²) in [6.07, 6.45) is 0.770. The quantitative estimate of drug-likeness (QED) is 0.681. The first-order valence-corrected chi connectivity index (χ1v) is 9.26. The van der Waals surface area contributed by atoms with Crippen molar-refractivity contribution in [1.82, 2.24) is 10.0 Å². The molecule has 0 saturated heterocycles. The van der Waals surface area contributed by atoms with Crippen molar-refractivity contribution in [3.05, 3.63) is 16.6 Å². The van der Waals surface area contributed by atoms with Gasteiger partial charge in [0, 0.05) is 17.1 Å². The zero-order valence-corrected chi connectivity index (χ0v) is 15.9. The van der Waals surface area contributed by atoms with Crippen molar-refractivity contribution in [1.29, 1.82) is 0 Å². The second kappa shape index (κ2) is 8.51. The first-order valence-electron chi connectivity index (χ1n) is 6.98. The Balaban J connectivity index is 3.07. The van der Waals surface area contributed by atoms with Crippen LogP contribution >= 0.6 is 15.9 Å². The maximum absolute atomic E-state index is 12.5. The second-order valence-corrected chi connectivity index (χ2v) is 7.31. The van der Waals surface area contributed by atoms with E-state index in [1.807, 2.05) is 6.92 Å². The maximum Gasteiger partial charge on any atom is 0.242 e. The molecule has 0 radical (unpaired) electrons. The molecule has 1 atom stereocenters. The molecule has 1 rings (SSSR count). The molecule has 0 heterocycles. The van der Waals surface area contributed by atoms with Crippen molar-refractivity contribution >= 4 is 31.9 Å². The SMILES string of the molecule is CCCNC(=O)[C@H](C)NS(=O)(=O)c1cc(OC)c(OC)cc1Br. The Morgan fingerprint density at radius 3 is 2.35 bits per heavy atom. The van der Waals surface area contributed by atoms with E-state index in [9.17, 15) is 13.2 Å². The highest BCUT2D eigenvalue weighted by molar-refractivity contribution is 9.10. The van der Waals surface area contributed by atoms with Crippen molar-refractivity contribution in [3.8, 4) is 11.5 Å². The van der Waals surface area contributed by atoms with Crippen molar-refractivity contribution in [2.24, 2.45) is 0 Å². The minimum atomic E-state index is -3.91. The topological polar surface area (TPSA) is 93.7 Å². The van der Waals surface area contributed by atoms with Crippen molar-refractivity contribution in [2.75, 3.05) is 20.8 Å². The lowest BCUT2D eigenvalue weighted by molar-refractivity contribution is -0.122. The molecule has 9 heteroatoms. The Labute approximate surface area is 144 Å². The molecule has 0 aliphatic carbocycles. The van der Waals surface area contributed by atoms with Gasteiger partial charge in [0.15, 0.2) is 11.5 Å². The van der Waals surface area contributed by atoms with Crippen LogP contribution in [0.2, 0.25) is 0 Å². The van der Waals surface area contributed by atoms with Gasteiger partial charge in [-0.3, -0.25) is 4.79 Å². The van der Waals surface area contributed by atoms with E-state index in [2.05, 4.69) is 26.0 Å². The Bertz CT molecular complexity index is 663. The Morgan fingerprint density at radius 1 is 1.26 bits per heavy atom. The van der Waals surface area contributed by atoms with E-state index in [1.165, 1.54) is 33.3 Å². The van der Waals surface area contributed by atoms with Gasteiger partial charge in [-0.05, 0) is 35.3 Å².